The lowest BCUT2D eigenvalue weighted by Crippen LogP contribution is -2.00. The van der Waals surface area contributed by atoms with E-state index in [1.54, 1.807) is 0 Å². The van der Waals surface area contributed by atoms with Gasteiger partial charge in [0.1, 0.15) is 22.3 Å². The Bertz CT molecular complexity index is 2450. The molecule has 5 nitrogen and oxygen atoms in total. The highest BCUT2D eigenvalue weighted by Gasteiger charge is 2.18. The van der Waals surface area contributed by atoms with Crippen molar-refractivity contribution in [2.75, 3.05) is 0 Å². The number of hydrogen-bond acceptors (Lipinski definition) is 5. The van der Waals surface area contributed by atoms with E-state index < -0.39 is 0 Å². The second kappa shape index (κ2) is 11.2. The van der Waals surface area contributed by atoms with Crippen molar-refractivity contribution in [3.63, 3.8) is 0 Å². The molecule has 0 bridgehead atoms. The normalized spacial score (nSPS) is 12.3. The van der Waals surface area contributed by atoms with E-state index in [1.165, 1.54) is 0 Å². The van der Waals surface area contributed by atoms with Crippen LogP contribution < -0.4 is 0 Å². The number of allylic oxidation sites excluding steroid dienone is 5. The zero-order valence-corrected chi connectivity index (χ0v) is 24.5. The van der Waals surface area contributed by atoms with Gasteiger partial charge in [-0.3, -0.25) is 0 Å². The van der Waals surface area contributed by atoms with Crippen molar-refractivity contribution in [2.24, 2.45) is 0 Å². The van der Waals surface area contributed by atoms with Gasteiger partial charge in [-0.15, -0.1) is 0 Å². The number of rotatable bonds is 6. The van der Waals surface area contributed by atoms with Crippen LogP contribution in [0.5, 0.6) is 0 Å². The second-order valence-corrected chi connectivity index (χ2v) is 10.8. The van der Waals surface area contributed by atoms with Crippen LogP contribution in [-0.4, -0.2) is 15.0 Å². The van der Waals surface area contributed by atoms with Crippen molar-refractivity contribution in [3.8, 4) is 34.2 Å². The molecule has 0 aliphatic heterocycles. The number of fused-ring (bicyclic) bond motifs is 6. The molecule has 0 aliphatic rings. The molecule has 8 aromatic rings. The number of para-hydroxylation sites is 1. The highest BCUT2D eigenvalue weighted by atomic mass is 16.3. The van der Waals surface area contributed by atoms with Crippen LogP contribution in [0.15, 0.2) is 148 Å². The number of benzene rings is 5. The van der Waals surface area contributed by atoms with Crippen LogP contribution in [0.25, 0.3) is 84.1 Å². The van der Waals surface area contributed by atoms with Crippen LogP contribution in [-0.2, 0) is 0 Å². The van der Waals surface area contributed by atoms with E-state index >= 15 is 0 Å². The van der Waals surface area contributed by atoms with E-state index in [1.807, 2.05) is 110 Å². The summed E-state index contributed by atoms with van der Waals surface area (Å²) in [6.45, 7) is 2.00. The minimum absolute atomic E-state index is 0.586. The SMILES string of the molecule is C\C=C/C=C\C=C\c1ccc2c(c1)oc1cccc(-c3nc(-c4ccccc4)nc(-c4ccc5oc6ccccc6c5c4)n3)c12. The van der Waals surface area contributed by atoms with E-state index in [2.05, 4.69) is 42.5 Å². The predicted octanol–water partition coefficient (Wildman–Crippen LogP) is 10.8. The van der Waals surface area contributed by atoms with Crippen molar-refractivity contribution in [1.29, 1.82) is 0 Å². The molecule has 5 heteroatoms. The maximum atomic E-state index is 6.37. The largest absolute Gasteiger partial charge is 0.456 e. The summed E-state index contributed by atoms with van der Waals surface area (Å²) in [5.74, 6) is 1.78. The molecule has 0 saturated carbocycles. The second-order valence-electron chi connectivity index (χ2n) is 10.8. The maximum Gasteiger partial charge on any atom is 0.164 e. The third-order valence-electron chi connectivity index (χ3n) is 7.88. The molecule has 0 fully saturated rings. The highest BCUT2D eigenvalue weighted by Crippen LogP contribution is 2.38. The summed E-state index contributed by atoms with van der Waals surface area (Å²) in [6.07, 6.45) is 12.1. The molecule has 45 heavy (non-hydrogen) atoms. The predicted molar refractivity (Wildman–Crippen MR) is 184 cm³/mol. The maximum absolute atomic E-state index is 6.37. The molecule has 0 radical (unpaired) electrons. The smallest absolute Gasteiger partial charge is 0.164 e. The Labute approximate surface area is 259 Å². The summed E-state index contributed by atoms with van der Waals surface area (Å²) < 4.78 is 12.4. The molecule has 0 unspecified atom stereocenters. The number of aromatic nitrogens is 3. The molecular weight excluding hydrogens is 554 g/mol. The molecule has 0 aliphatic carbocycles. The first-order chi connectivity index (χ1) is 22.2. The van der Waals surface area contributed by atoms with Gasteiger partial charge in [0.05, 0.1) is 0 Å². The molecule has 0 N–H and O–H groups in total. The molecule has 0 spiro atoms. The van der Waals surface area contributed by atoms with Gasteiger partial charge >= 0.3 is 0 Å². The topological polar surface area (TPSA) is 65.0 Å². The molecule has 3 aromatic heterocycles. The van der Waals surface area contributed by atoms with Crippen LogP contribution >= 0.6 is 0 Å². The Kier molecular flexibility index (Phi) is 6.61. The number of nitrogens with zero attached hydrogens (tertiary/aromatic N) is 3. The fourth-order valence-corrected chi connectivity index (χ4v) is 5.75. The molecule has 214 valence electrons. The zero-order valence-electron chi connectivity index (χ0n) is 24.5. The third kappa shape index (κ3) is 4.90. The Hall–Kier alpha value is -6.07. The van der Waals surface area contributed by atoms with Gasteiger partial charge in [0.2, 0.25) is 0 Å². The fourth-order valence-electron chi connectivity index (χ4n) is 5.75. The lowest BCUT2D eigenvalue weighted by atomic mass is 10.0. The van der Waals surface area contributed by atoms with Crippen molar-refractivity contribution >= 4 is 50.0 Å². The van der Waals surface area contributed by atoms with Crippen molar-refractivity contribution in [2.45, 2.75) is 6.92 Å². The van der Waals surface area contributed by atoms with Gasteiger partial charge in [-0.2, -0.15) is 0 Å². The van der Waals surface area contributed by atoms with Gasteiger partial charge < -0.3 is 8.83 Å². The van der Waals surface area contributed by atoms with Gasteiger partial charge in [-0.25, -0.2) is 15.0 Å². The average Bonchev–Trinajstić information content (AvgIpc) is 3.66. The highest BCUT2D eigenvalue weighted by molar-refractivity contribution is 6.12. The van der Waals surface area contributed by atoms with Crippen LogP contribution in [0.3, 0.4) is 0 Å². The van der Waals surface area contributed by atoms with Crippen molar-refractivity contribution in [3.05, 3.63) is 145 Å². The van der Waals surface area contributed by atoms with E-state index in [-0.39, 0.29) is 0 Å². The quantitative estimate of drug-likeness (QED) is 0.183. The lowest BCUT2D eigenvalue weighted by Gasteiger charge is -2.09. The van der Waals surface area contributed by atoms with Crippen LogP contribution in [0.1, 0.15) is 12.5 Å². The summed E-state index contributed by atoms with van der Waals surface area (Å²) >= 11 is 0. The first kappa shape index (κ1) is 26.5. The molecule has 0 amide bonds. The van der Waals surface area contributed by atoms with Crippen molar-refractivity contribution in [1.82, 2.24) is 15.0 Å². The minimum atomic E-state index is 0.586. The van der Waals surface area contributed by atoms with Crippen LogP contribution in [0, 0.1) is 0 Å². The lowest BCUT2D eigenvalue weighted by molar-refractivity contribution is 0.668. The number of hydrogen-bond donors (Lipinski definition) is 0. The first-order valence-corrected chi connectivity index (χ1v) is 14.9. The van der Waals surface area contributed by atoms with E-state index in [4.69, 9.17) is 23.8 Å². The van der Waals surface area contributed by atoms with Gasteiger partial charge in [0.25, 0.3) is 0 Å². The molecule has 3 heterocycles. The standard InChI is InChI=1S/C40H27N3O2/c1-2-3-4-5-7-13-26-20-22-30-36(24-26)45-35-19-12-17-31(37(30)35)40-42-38(27-14-8-6-9-15-27)41-39(43-40)28-21-23-34-32(25-28)29-16-10-11-18-33(29)44-34/h2-25H,1H3/b3-2-,5-4-,13-7+. The monoisotopic (exact) mass is 581 g/mol. The summed E-state index contributed by atoms with van der Waals surface area (Å²) in [6, 6.07) is 36.5. The van der Waals surface area contributed by atoms with Gasteiger partial charge in [-0.05, 0) is 55.0 Å². The Morgan fingerprint density at radius 2 is 1.22 bits per heavy atom. The average molecular weight is 582 g/mol. The summed E-state index contributed by atoms with van der Waals surface area (Å²) in [7, 11) is 0. The Morgan fingerprint density at radius 1 is 0.489 bits per heavy atom. The van der Waals surface area contributed by atoms with E-state index in [9.17, 15) is 0 Å². The van der Waals surface area contributed by atoms with Crippen LogP contribution in [0.2, 0.25) is 0 Å². The van der Waals surface area contributed by atoms with E-state index in [0.29, 0.717) is 17.5 Å². The Balaban J connectivity index is 1.30. The molecular formula is C40H27N3O2. The molecule has 0 saturated heterocycles. The zero-order chi connectivity index (χ0) is 30.2. The summed E-state index contributed by atoms with van der Waals surface area (Å²) in [5, 5.41) is 4.07. The fraction of sp³-hybridized carbons (Fsp3) is 0.0250. The van der Waals surface area contributed by atoms with Gasteiger partial charge in [0.15, 0.2) is 17.5 Å². The Morgan fingerprint density at radius 3 is 2.11 bits per heavy atom. The third-order valence-corrected chi connectivity index (χ3v) is 7.88. The van der Waals surface area contributed by atoms with E-state index in [0.717, 1.165) is 66.1 Å². The van der Waals surface area contributed by atoms with Crippen LogP contribution in [0.4, 0.5) is 0 Å². The summed E-state index contributed by atoms with van der Waals surface area (Å²) in [4.78, 5) is 15.1. The van der Waals surface area contributed by atoms with Gasteiger partial charge in [0, 0.05) is 38.2 Å². The minimum Gasteiger partial charge on any atom is -0.456 e. The first-order valence-electron chi connectivity index (χ1n) is 14.9. The van der Waals surface area contributed by atoms with Crippen molar-refractivity contribution < 1.29 is 8.83 Å². The number of furan rings is 2. The molecule has 8 rings (SSSR count). The molecule has 5 aromatic carbocycles. The van der Waals surface area contributed by atoms with Gasteiger partial charge in [-0.1, -0.05) is 103 Å². The molecule has 0 atom stereocenters. The summed E-state index contributed by atoms with van der Waals surface area (Å²) in [5.41, 5.74) is 7.03.